The standard InChI is InChI=1S/C9H12N2O3/c1-6(5-8(12)13)11-9(14)7-3-2-4-10-7/h2-4,6,10H,5H2,1H3,(H,11,14)(H,12,13)/t6-/m1/s1. The molecule has 0 aliphatic rings. The van der Waals surface area contributed by atoms with Gasteiger partial charge in [-0.15, -0.1) is 0 Å². The molecule has 0 aromatic carbocycles. The van der Waals surface area contributed by atoms with Gasteiger partial charge in [0.1, 0.15) is 5.69 Å². The summed E-state index contributed by atoms with van der Waals surface area (Å²) in [5, 5.41) is 11.0. The van der Waals surface area contributed by atoms with Gasteiger partial charge < -0.3 is 15.4 Å². The van der Waals surface area contributed by atoms with E-state index in [9.17, 15) is 9.59 Å². The third-order valence-corrected chi connectivity index (χ3v) is 1.70. The van der Waals surface area contributed by atoms with Crippen molar-refractivity contribution in [1.29, 1.82) is 0 Å². The highest BCUT2D eigenvalue weighted by molar-refractivity contribution is 5.92. The molecule has 0 unspecified atom stereocenters. The number of aromatic nitrogens is 1. The molecule has 1 aromatic rings. The van der Waals surface area contributed by atoms with Crippen LogP contribution in [0.5, 0.6) is 0 Å². The Morgan fingerprint density at radius 3 is 2.86 bits per heavy atom. The second kappa shape index (κ2) is 4.45. The molecule has 0 spiro atoms. The number of aromatic amines is 1. The number of carbonyl (C=O) groups is 2. The molecule has 0 saturated heterocycles. The monoisotopic (exact) mass is 196 g/mol. The first-order valence-corrected chi connectivity index (χ1v) is 4.25. The maximum absolute atomic E-state index is 11.4. The van der Waals surface area contributed by atoms with Crippen LogP contribution in [0, 0.1) is 0 Å². The largest absolute Gasteiger partial charge is 0.481 e. The predicted octanol–water partition coefficient (Wildman–Crippen LogP) is 0.608. The van der Waals surface area contributed by atoms with Crippen LogP contribution in [-0.2, 0) is 4.79 Å². The van der Waals surface area contributed by atoms with Crippen LogP contribution in [0.25, 0.3) is 0 Å². The van der Waals surface area contributed by atoms with Crippen LogP contribution < -0.4 is 5.32 Å². The fourth-order valence-corrected chi connectivity index (χ4v) is 1.09. The number of hydrogen-bond donors (Lipinski definition) is 3. The van der Waals surface area contributed by atoms with Gasteiger partial charge in [-0.1, -0.05) is 0 Å². The average molecular weight is 196 g/mol. The van der Waals surface area contributed by atoms with Crippen molar-refractivity contribution in [1.82, 2.24) is 10.3 Å². The number of carbonyl (C=O) groups excluding carboxylic acids is 1. The van der Waals surface area contributed by atoms with E-state index in [0.717, 1.165) is 0 Å². The van der Waals surface area contributed by atoms with Crippen LogP contribution in [0.2, 0.25) is 0 Å². The fourth-order valence-electron chi connectivity index (χ4n) is 1.09. The molecule has 1 heterocycles. The van der Waals surface area contributed by atoms with E-state index in [1.165, 1.54) is 0 Å². The van der Waals surface area contributed by atoms with Crippen LogP contribution in [0.4, 0.5) is 0 Å². The number of aliphatic carboxylic acids is 1. The Morgan fingerprint density at radius 2 is 2.36 bits per heavy atom. The van der Waals surface area contributed by atoms with Crippen molar-refractivity contribution in [2.45, 2.75) is 19.4 Å². The molecule has 14 heavy (non-hydrogen) atoms. The fraction of sp³-hybridized carbons (Fsp3) is 0.333. The van der Waals surface area contributed by atoms with Crippen molar-refractivity contribution in [2.24, 2.45) is 0 Å². The first-order chi connectivity index (χ1) is 6.59. The molecule has 3 N–H and O–H groups in total. The Morgan fingerprint density at radius 1 is 1.64 bits per heavy atom. The van der Waals surface area contributed by atoms with E-state index in [4.69, 9.17) is 5.11 Å². The van der Waals surface area contributed by atoms with Gasteiger partial charge >= 0.3 is 5.97 Å². The minimum absolute atomic E-state index is 0.0769. The first kappa shape index (κ1) is 10.3. The SMILES string of the molecule is C[C@H](CC(=O)O)NC(=O)c1ccc[nH]1. The maximum atomic E-state index is 11.4. The molecule has 0 aliphatic heterocycles. The summed E-state index contributed by atoms with van der Waals surface area (Å²) in [6.45, 7) is 1.65. The Bertz CT molecular complexity index is 319. The zero-order valence-electron chi connectivity index (χ0n) is 7.78. The van der Waals surface area contributed by atoms with Gasteiger partial charge in [0.15, 0.2) is 0 Å². The van der Waals surface area contributed by atoms with E-state index < -0.39 is 5.97 Å². The lowest BCUT2D eigenvalue weighted by atomic mass is 10.2. The second-order valence-corrected chi connectivity index (χ2v) is 3.06. The summed E-state index contributed by atoms with van der Waals surface area (Å²) in [6.07, 6.45) is 1.56. The molecule has 0 bridgehead atoms. The molecule has 76 valence electrons. The zero-order valence-corrected chi connectivity index (χ0v) is 7.78. The summed E-state index contributed by atoms with van der Waals surface area (Å²) in [5.41, 5.74) is 0.433. The van der Waals surface area contributed by atoms with E-state index in [-0.39, 0.29) is 18.4 Å². The van der Waals surface area contributed by atoms with Crippen LogP contribution in [0.15, 0.2) is 18.3 Å². The molecule has 5 nitrogen and oxygen atoms in total. The van der Waals surface area contributed by atoms with E-state index in [1.807, 2.05) is 0 Å². The second-order valence-electron chi connectivity index (χ2n) is 3.06. The van der Waals surface area contributed by atoms with Gasteiger partial charge in [0, 0.05) is 12.2 Å². The Kier molecular flexibility index (Phi) is 3.28. The summed E-state index contributed by atoms with van der Waals surface area (Å²) in [6, 6.07) is 2.96. The quantitative estimate of drug-likeness (QED) is 0.659. The molecule has 1 aromatic heterocycles. The van der Waals surface area contributed by atoms with Gasteiger partial charge in [0.2, 0.25) is 0 Å². The van der Waals surface area contributed by atoms with E-state index in [1.54, 1.807) is 25.3 Å². The van der Waals surface area contributed by atoms with E-state index in [0.29, 0.717) is 5.69 Å². The maximum Gasteiger partial charge on any atom is 0.305 e. The minimum Gasteiger partial charge on any atom is -0.481 e. The number of hydrogen-bond acceptors (Lipinski definition) is 2. The highest BCUT2D eigenvalue weighted by atomic mass is 16.4. The van der Waals surface area contributed by atoms with Crippen molar-refractivity contribution in [3.8, 4) is 0 Å². The molecular weight excluding hydrogens is 184 g/mol. The zero-order chi connectivity index (χ0) is 10.6. The van der Waals surface area contributed by atoms with Gasteiger partial charge in [0.05, 0.1) is 6.42 Å². The van der Waals surface area contributed by atoms with Crippen LogP contribution >= 0.6 is 0 Å². The molecule has 1 rings (SSSR count). The molecular formula is C9H12N2O3. The highest BCUT2D eigenvalue weighted by Gasteiger charge is 2.12. The van der Waals surface area contributed by atoms with Gasteiger partial charge in [-0.25, -0.2) is 0 Å². The number of carboxylic acid groups (broad SMARTS) is 1. The summed E-state index contributed by atoms with van der Waals surface area (Å²) >= 11 is 0. The Balaban J connectivity index is 2.45. The molecule has 5 heteroatoms. The lowest BCUT2D eigenvalue weighted by molar-refractivity contribution is -0.137. The number of H-pyrrole nitrogens is 1. The van der Waals surface area contributed by atoms with Crippen molar-refractivity contribution in [3.63, 3.8) is 0 Å². The number of amides is 1. The number of carboxylic acids is 1. The van der Waals surface area contributed by atoms with Crippen LogP contribution in [-0.4, -0.2) is 28.0 Å². The molecule has 0 fully saturated rings. The summed E-state index contributed by atoms with van der Waals surface area (Å²) in [5.74, 6) is -1.21. The smallest absolute Gasteiger partial charge is 0.305 e. The lowest BCUT2D eigenvalue weighted by Gasteiger charge is -2.10. The summed E-state index contributed by atoms with van der Waals surface area (Å²) < 4.78 is 0. The molecule has 1 amide bonds. The molecule has 0 aliphatic carbocycles. The van der Waals surface area contributed by atoms with Gasteiger partial charge in [-0.2, -0.15) is 0 Å². The Hall–Kier alpha value is -1.78. The van der Waals surface area contributed by atoms with Crippen LogP contribution in [0.1, 0.15) is 23.8 Å². The van der Waals surface area contributed by atoms with Crippen molar-refractivity contribution < 1.29 is 14.7 Å². The summed E-state index contributed by atoms with van der Waals surface area (Å²) in [7, 11) is 0. The van der Waals surface area contributed by atoms with Gasteiger partial charge in [-0.05, 0) is 19.1 Å². The number of nitrogens with one attached hydrogen (secondary N) is 2. The number of rotatable bonds is 4. The predicted molar refractivity (Wildman–Crippen MR) is 50.0 cm³/mol. The van der Waals surface area contributed by atoms with Gasteiger partial charge in [-0.3, -0.25) is 9.59 Å². The Labute approximate surface area is 81.1 Å². The lowest BCUT2D eigenvalue weighted by Crippen LogP contribution is -2.34. The topological polar surface area (TPSA) is 82.2 Å². The molecule has 0 radical (unpaired) electrons. The third kappa shape index (κ3) is 2.93. The van der Waals surface area contributed by atoms with E-state index in [2.05, 4.69) is 10.3 Å². The first-order valence-electron chi connectivity index (χ1n) is 4.25. The van der Waals surface area contributed by atoms with E-state index >= 15 is 0 Å². The molecule has 1 atom stereocenters. The van der Waals surface area contributed by atoms with Gasteiger partial charge in [0.25, 0.3) is 5.91 Å². The highest BCUT2D eigenvalue weighted by Crippen LogP contribution is 1.97. The van der Waals surface area contributed by atoms with Crippen molar-refractivity contribution in [3.05, 3.63) is 24.0 Å². The van der Waals surface area contributed by atoms with Crippen LogP contribution in [0.3, 0.4) is 0 Å². The van der Waals surface area contributed by atoms with Crippen molar-refractivity contribution >= 4 is 11.9 Å². The van der Waals surface area contributed by atoms with Crippen molar-refractivity contribution in [2.75, 3.05) is 0 Å². The normalized spacial score (nSPS) is 12.1. The minimum atomic E-state index is -0.927. The summed E-state index contributed by atoms with van der Waals surface area (Å²) in [4.78, 5) is 24.4. The molecule has 0 saturated carbocycles. The average Bonchev–Trinajstić information content (AvgIpc) is 2.53. The third-order valence-electron chi connectivity index (χ3n) is 1.70.